The van der Waals surface area contributed by atoms with Gasteiger partial charge in [0.2, 0.25) is 5.91 Å². The monoisotopic (exact) mass is 500 g/mol. The molecule has 0 saturated heterocycles. The fraction of sp³-hybridized carbons (Fsp3) is 0.333. The molecule has 6 nitrogen and oxygen atoms in total. The van der Waals surface area contributed by atoms with Gasteiger partial charge in [0.25, 0.3) is 0 Å². The molecule has 0 spiro atoms. The van der Waals surface area contributed by atoms with Crippen LogP contribution in [0.25, 0.3) is 10.2 Å². The van der Waals surface area contributed by atoms with Crippen molar-refractivity contribution < 1.29 is 17.9 Å². The second kappa shape index (κ2) is 10.3. The van der Waals surface area contributed by atoms with Gasteiger partial charge in [0.05, 0.1) is 37.5 Å². The average Bonchev–Trinajstić information content (AvgIpc) is 3.08. The van der Waals surface area contributed by atoms with E-state index >= 15 is 0 Å². The number of methoxy groups -OCH3 is 1. The molecule has 166 valence electrons. The maximum absolute atomic E-state index is 12.5. The molecule has 0 unspecified atom stereocenters. The fourth-order valence-electron chi connectivity index (χ4n) is 3.03. The lowest BCUT2D eigenvalue weighted by Crippen LogP contribution is -2.19. The van der Waals surface area contributed by atoms with Gasteiger partial charge in [-0.1, -0.05) is 52.2 Å². The highest BCUT2D eigenvalue weighted by molar-refractivity contribution is 7.91. The highest BCUT2D eigenvalue weighted by Gasteiger charge is 2.16. The van der Waals surface area contributed by atoms with Crippen molar-refractivity contribution in [3.8, 4) is 0 Å². The molecule has 0 saturated carbocycles. The SMILES string of the molecule is COCCn1c(=NC(=O)CCCS(=O)(=O)c2ccc(C)cc2)sc2c(Cl)ccc(Cl)c21. The zero-order valence-corrected chi connectivity index (χ0v) is 20.2. The van der Waals surface area contributed by atoms with Gasteiger partial charge >= 0.3 is 0 Å². The first kappa shape index (κ1) is 23.9. The average molecular weight is 501 g/mol. The third kappa shape index (κ3) is 5.75. The molecular weight excluding hydrogens is 479 g/mol. The van der Waals surface area contributed by atoms with Gasteiger partial charge in [-0.25, -0.2) is 8.42 Å². The van der Waals surface area contributed by atoms with Crippen LogP contribution >= 0.6 is 34.5 Å². The molecule has 1 amide bonds. The van der Waals surface area contributed by atoms with Crippen LogP contribution in [0.2, 0.25) is 10.0 Å². The Bertz CT molecular complexity index is 1260. The zero-order chi connectivity index (χ0) is 22.6. The van der Waals surface area contributed by atoms with Crippen LogP contribution < -0.4 is 4.80 Å². The predicted octanol–water partition coefficient (Wildman–Crippen LogP) is 4.65. The maximum atomic E-state index is 12.5. The number of nitrogens with zero attached hydrogens (tertiary/aromatic N) is 2. The number of ether oxygens (including phenoxy) is 1. The quantitative estimate of drug-likeness (QED) is 0.451. The molecule has 0 radical (unpaired) electrons. The number of hydrogen-bond donors (Lipinski definition) is 0. The third-order valence-corrected chi connectivity index (χ3v) is 8.31. The summed E-state index contributed by atoms with van der Waals surface area (Å²) in [5.74, 6) is -0.519. The summed E-state index contributed by atoms with van der Waals surface area (Å²) in [7, 11) is -1.86. The molecule has 0 aliphatic rings. The number of sulfone groups is 1. The molecule has 0 aliphatic heterocycles. The molecule has 0 atom stereocenters. The highest BCUT2D eigenvalue weighted by Crippen LogP contribution is 2.31. The number of carbonyl (C=O) groups excluding carboxylic acids is 1. The van der Waals surface area contributed by atoms with Crippen molar-refractivity contribution in [2.45, 2.75) is 31.2 Å². The topological polar surface area (TPSA) is 77.7 Å². The number of amides is 1. The number of hydrogen-bond acceptors (Lipinski definition) is 5. The van der Waals surface area contributed by atoms with E-state index in [0.29, 0.717) is 33.5 Å². The Morgan fingerprint density at radius 3 is 2.48 bits per heavy atom. The second-order valence-electron chi connectivity index (χ2n) is 6.98. The summed E-state index contributed by atoms with van der Waals surface area (Å²) >= 11 is 13.9. The van der Waals surface area contributed by atoms with Crippen molar-refractivity contribution in [3.05, 3.63) is 56.8 Å². The first-order valence-corrected chi connectivity index (χ1v) is 12.8. The molecule has 0 N–H and O–H groups in total. The summed E-state index contributed by atoms with van der Waals surface area (Å²) < 4.78 is 32.6. The van der Waals surface area contributed by atoms with Gasteiger partial charge in [0.15, 0.2) is 14.6 Å². The maximum Gasteiger partial charge on any atom is 0.248 e. The van der Waals surface area contributed by atoms with Gasteiger partial charge in [0.1, 0.15) is 0 Å². The summed E-state index contributed by atoms with van der Waals surface area (Å²) in [6, 6.07) is 10.1. The molecule has 3 aromatic rings. The minimum absolute atomic E-state index is 0.0189. The van der Waals surface area contributed by atoms with Gasteiger partial charge in [-0.05, 0) is 37.6 Å². The molecule has 0 fully saturated rings. The number of aromatic nitrogens is 1. The van der Waals surface area contributed by atoms with E-state index < -0.39 is 15.7 Å². The van der Waals surface area contributed by atoms with E-state index in [1.54, 1.807) is 48.1 Å². The Morgan fingerprint density at radius 2 is 1.81 bits per heavy atom. The summed E-state index contributed by atoms with van der Waals surface area (Å²) in [5.41, 5.74) is 1.68. The number of aryl methyl sites for hydroxylation is 1. The summed E-state index contributed by atoms with van der Waals surface area (Å²) in [6.45, 7) is 2.75. The standard InChI is InChI=1S/C21H22Cl2N2O4S2/c1-14-5-7-15(8-6-14)31(27,28)13-3-4-18(26)24-21-25(11-12-29-2)19-16(22)9-10-17(23)20(19)30-21/h5-10H,3-4,11-13H2,1-2H3. The van der Waals surface area contributed by atoms with Gasteiger partial charge in [-0.15, -0.1) is 0 Å². The largest absolute Gasteiger partial charge is 0.383 e. The summed E-state index contributed by atoms with van der Waals surface area (Å²) in [5, 5.41) is 1.03. The normalized spacial score (nSPS) is 12.6. The lowest BCUT2D eigenvalue weighted by Gasteiger charge is -2.06. The fourth-order valence-corrected chi connectivity index (χ4v) is 6.03. The van der Waals surface area contributed by atoms with Crippen LogP contribution in [-0.2, 0) is 25.9 Å². The molecule has 1 aromatic heterocycles. The molecule has 31 heavy (non-hydrogen) atoms. The highest BCUT2D eigenvalue weighted by atomic mass is 35.5. The summed E-state index contributed by atoms with van der Waals surface area (Å²) in [6.07, 6.45) is 0.202. The number of benzene rings is 2. The van der Waals surface area contributed by atoms with E-state index in [9.17, 15) is 13.2 Å². The van der Waals surface area contributed by atoms with Crippen molar-refractivity contribution in [1.82, 2.24) is 4.57 Å². The molecule has 3 rings (SSSR count). The van der Waals surface area contributed by atoms with Crippen molar-refractivity contribution in [1.29, 1.82) is 0 Å². The molecule has 1 heterocycles. The number of rotatable bonds is 8. The van der Waals surface area contributed by atoms with E-state index in [-0.39, 0.29) is 23.5 Å². The van der Waals surface area contributed by atoms with Gasteiger partial charge in [-0.2, -0.15) is 4.99 Å². The van der Waals surface area contributed by atoms with Crippen molar-refractivity contribution in [2.75, 3.05) is 19.5 Å². The molecule has 0 bridgehead atoms. The van der Waals surface area contributed by atoms with Crippen LogP contribution in [0.15, 0.2) is 46.3 Å². The van der Waals surface area contributed by atoms with Crippen molar-refractivity contribution in [3.63, 3.8) is 0 Å². The molecule has 2 aromatic carbocycles. The number of halogens is 2. The van der Waals surface area contributed by atoms with Gasteiger partial charge < -0.3 is 9.30 Å². The molecular formula is C21H22Cl2N2O4S2. The van der Waals surface area contributed by atoms with Crippen LogP contribution in [-0.4, -0.2) is 38.4 Å². The number of carbonyl (C=O) groups is 1. The van der Waals surface area contributed by atoms with E-state index in [0.717, 1.165) is 10.3 Å². The van der Waals surface area contributed by atoms with E-state index in [1.165, 1.54) is 11.3 Å². The second-order valence-corrected chi connectivity index (χ2v) is 10.9. The zero-order valence-electron chi connectivity index (χ0n) is 17.1. The third-order valence-electron chi connectivity index (χ3n) is 4.65. The summed E-state index contributed by atoms with van der Waals surface area (Å²) in [4.78, 5) is 17.4. The minimum Gasteiger partial charge on any atom is -0.383 e. The van der Waals surface area contributed by atoms with E-state index in [1.807, 2.05) is 6.92 Å². The number of thiazole rings is 1. The Morgan fingerprint density at radius 1 is 1.13 bits per heavy atom. The van der Waals surface area contributed by atoms with Crippen molar-refractivity contribution in [2.24, 2.45) is 4.99 Å². The number of fused-ring (bicyclic) bond motifs is 1. The smallest absolute Gasteiger partial charge is 0.248 e. The van der Waals surface area contributed by atoms with E-state index in [4.69, 9.17) is 27.9 Å². The lowest BCUT2D eigenvalue weighted by atomic mass is 10.2. The first-order valence-electron chi connectivity index (χ1n) is 9.56. The Hall–Kier alpha value is -1.71. The van der Waals surface area contributed by atoms with Crippen LogP contribution in [0.1, 0.15) is 18.4 Å². The predicted molar refractivity (Wildman–Crippen MR) is 125 cm³/mol. The Kier molecular flexibility index (Phi) is 7.93. The van der Waals surface area contributed by atoms with Crippen LogP contribution in [0.3, 0.4) is 0 Å². The van der Waals surface area contributed by atoms with Crippen LogP contribution in [0, 0.1) is 6.92 Å². The van der Waals surface area contributed by atoms with Crippen molar-refractivity contribution >= 4 is 60.5 Å². The lowest BCUT2D eigenvalue weighted by molar-refractivity contribution is -0.118. The van der Waals surface area contributed by atoms with Gasteiger partial charge in [0, 0.05) is 20.1 Å². The van der Waals surface area contributed by atoms with E-state index in [2.05, 4.69) is 4.99 Å². The molecule has 10 heteroatoms. The van der Waals surface area contributed by atoms with Crippen LogP contribution in [0.5, 0.6) is 0 Å². The minimum atomic E-state index is -3.45. The molecule has 0 aliphatic carbocycles. The first-order chi connectivity index (χ1) is 14.7. The van der Waals surface area contributed by atoms with Gasteiger partial charge in [-0.3, -0.25) is 4.79 Å². The Labute approximate surface area is 195 Å². The van der Waals surface area contributed by atoms with Crippen LogP contribution in [0.4, 0.5) is 0 Å². The Balaban J connectivity index is 1.80.